The number of esters is 1. The first-order valence-electron chi connectivity index (χ1n) is 17.0. The van der Waals surface area contributed by atoms with E-state index in [1.165, 1.54) is 85.5 Å². The lowest BCUT2D eigenvalue weighted by Crippen LogP contribution is -2.49. The van der Waals surface area contributed by atoms with Crippen LogP contribution in [0.2, 0.25) is 0 Å². The van der Waals surface area contributed by atoms with Crippen molar-refractivity contribution in [1.29, 1.82) is 0 Å². The molecule has 3 aromatic rings. The first kappa shape index (κ1) is 36.1. The van der Waals surface area contributed by atoms with E-state index in [-0.39, 0.29) is 5.97 Å². The summed E-state index contributed by atoms with van der Waals surface area (Å²) in [7, 11) is 2.55. The van der Waals surface area contributed by atoms with Crippen LogP contribution in [0.3, 0.4) is 0 Å². The zero-order valence-corrected chi connectivity index (χ0v) is 29.8. The summed E-state index contributed by atoms with van der Waals surface area (Å²) in [5, 5.41) is 12.8. The number of fused-ring (bicyclic) bond motifs is 3. The fourth-order valence-corrected chi connectivity index (χ4v) is 7.82. The molecule has 0 spiro atoms. The van der Waals surface area contributed by atoms with Crippen LogP contribution < -0.4 is 9.55 Å². The van der Waals surface area contributed by atoms with Gasteiger partial charge in [0.15, 0.2) is 7.85 Å². The first-order chi connectivity index (χ1) is 20.5. The molecule has 43 heavy (non-hydrogen) atoms. The maximum Gasteiger partial charge on any atom is 0.339 e. The molecular formula is C35H56B2O4S2. The Kier molecular flexibility index (Phi) is 14.6. The van der Waals surface area contributed by atoms with E-state index in [0.29, 0.717) is 14.1 Å². The minimum Gasteiger partial charge on any atom is -0.462 e. The van der Waals surface area contributed by atoms with E-state index in [2.05, 4.69) is 33.8 Å². The number of carbonyl (C=O) groups excluding carboxylic acids is 1. The van der Waals surface area contributed by atoms with Crippen molar-refractivity contribution >= 4 is 73.7 Å². The lowest BCUT2D eigenvalue weighted by molar-refractivity contribution is -0.0892. The molecule has 0 aliphatic carbocycles. The summed E-state index contributed by atoms with van der Waals surface area (Å²) < 4.78 is 17.0. The monoisotopic (exact) mass is 626 g/mol. The summed E-state index contributed by atoms with van der Waals surface area (Å²) in [6.07, 6.45) is 18.1. The summed E-state index contributed by atoms with van der Waals surface area (Å²) in [5.74, 6) is -0.181. The molecule has 0 amide bonds. The highest BCUT2D eigenvalue weighted by atomic mass is 32.1. The van der Waals surface area contributed by atoms with Crippen LogP contribution in [0.1, 0.15) is 147 Å². The highest BCUT2D eigenvalue weighted by Crippen LogP contribution is 2.39. The predicted molar refractivity (Wildman–Crippen MR) is 194 cm³/mol. The van der Waals surface area contributed by atoms with E-state index in [1.54, 1.807) is 25.2 Å². The average molecular weight is 627 g/mol. The number of thiophene rings is 2. The number of carbonyl (C=O) groups is 1. The number of aryl methyl sites for hydroxylation is 1. The molecule has 0 radical (unpaired) electrons. The van der Waals surface area contributed by atoms with Gasteiger partial charge in [0.05, 0.1) is 32.8 Å². The maximum atomic E-state index is 13.9. The van der Waals surface area contributed by atoms with Gasteiger partial charge in [0.1, 0.15) is 0 Å². The number of hydrogen-bond acceptors (Lipinski definition) is 6. The molecule has 0 saturated heterocycles. The molecule has 0 atom stereocenters. The predicted octanol–water partition coefficient (Wildman–Crippen LogP) is 8.12. The SMILES string of the molecule is Bc1cc2c(CCCCCC)c(C(=O)OCCCCCCCCCCCC)c3cc(BOC(C)(C)C(C)(C)O)sc3c2s1. The van der Waals surface area contributed by atoms with Gasteiger partial charge in [-0.3, -0.25) is 0 Å². The number of aliphatic hydroxyl groups is 1. The molecule has 2 aromatic heterocycles. The van der Waals surface area contributed by atoms with Gasteiger partial charge < -0.3 is 14.5 Å². The molecule has 0 saturated carbocycles. The van der Waals surface area contributed by atoms with Crippen LogP contribution in [-0.4, -0.2) is 44.2 Å². The van der Waals surface area contributed by atoms with E-state index in [4.69, 9.17) is 9.39 Å². The van der Waals surface area contributed by atoms with Crippen molar-refractivity contribution < 1.29 is 19.3 Å². The smallest absolute Gasteiger partial charge is 0.339 e. The summed E-state index contributed by atoms with van der Waals surface area (Å²) in [5.41, 5.74) is 0.224. The number of hydrogen-bond donors (Lipinski definition) is 1. The molecule has 4 nitrogen and oxygen atoms in total. The third-order valence-corrected chi connectivity index (χ3v) is 11.3. The van der Waals surface area contributed by atoms with E-state index in [1.807, 2.05) is 25.2 Å². The van der Waals surface area contributed by atoms with Gasteiger partial charge in [0.25, 0.3) is 0 Å². The Hall–Kier alpha value is -1.34. The van der Waals surface area contributed by atoms with Crippen molar-refractivity contribution in [3.05, 3.63) is 23.3 Å². The van der Waals surface area contributed by atoms with E-state index in [9.17, 15) is 9.90 Å². The summed E-state index contributed by atoms with van der Waals surface area (Å²) in [6.45, 7) is 12.4. The highest BCUT2D eigenvalue weighted by molar-refractivity contribution is 7.34. The van der Waals surface area contributed by atoms with Crippen molar-refractivity contribution in [2.24, 2.45) is 0 Å². The molecule has 238 valence electrons. The van der Waals surface area contributed by atoms with Gasteiger partial charge in [-0.15, -0.1) is 22.7 Å². The Balaban J connectivity index is 1.79. The molecule has 0 unspecified atom stereocenters. The van der Waals surface area contributed by atoms with Crippen molar-refractivity contribution in [3.63, 3.8) is 0 Å². The third kappa shape index (κ3) is 10.3. The average Bonchev–Trinajstić information content (AvgIpc) is 3.55. The topological polar surface area (TPSA) is 55.8 Å². The van der Waals surface area contributed by atoms with E-state index in [0.717, 1.165) is 51.7 Å². The molecule has 3 rings (SSSR count). The van der Waals surface area contributed by atoms with Gasteiger partial charge in [-0.05, 0) is 74.8 Å². The highest BCUT2D eigenvalue weighted by Gasteiger charge is 2.36. The fourth-order valence-electron chi connectivity index (χ4n) is 5.55. The third-order valence-electron chi connectivity index (χ3n) is 9.00. The van der Waals surface area contributed by atoms with Crippen molar-refractivity contribution in [2.75, 3.05) is 6.61 Å². The van der Waals surface area contributed by atoms with Crippen LogP contribution in [0.15, 0.2) is 12.1 Å². The Morgan fingerprint density at radius 3 is 1.98 bits per heavy atom. The van der Waals surface area contributed by atoms with Gasteiger partial charge in [-0.2, -0.15) is 0 Å². The van der Waals surface area contributed by atoms with Crippen molar-refractivity contribution in [3.8, 4) is 0 Å². The molecule has 8 heteroatoms. The minimum atomic E-state index is -0.975. The molecule has 1 N–H and O–H groups in total. The standard InChI is InChI=1S/C35H56B2O4S2/c1-7-9-11-13-14-15-16-17-18-20-22-40-33(38)30-25(21-19-12-10-8-2)26-23-28(36)42-31(26)32-27(30)24-29(43-32)37-41-35(5,6)34(3,4)39/h23-24,37,39H,7-22,36H2,1-6H3. The zero-order valence-electron chi connectivity index (χ0n) is 28.2. The van der Waals surface area contributed by atoms with Crippen LogP contribution in [0.5, 0.6) is 0 Å². The Morgan fingerprint density at radius 2 is 1.37 bits per heavy atom. The molecule has 0 aliphatic rings. The summed E-state index contributed by atoms with van der Waals surface area (Å²) >= 11 is 3.52. The number of ether oxygens (including phenoxy) is 1. The van der Waals surface area contributed by atoms with E-state index >= 15 is 0 Å². The van der Waals surface area contributed by atoms with Crippen LogP contribution in [0, 0.1) is 0 Å². The number of benzene rings is 1. The second-order valence-corrected chi connectivity index (χ2v) is 15.8. The molecule has 0 aliphatic heterocycles. The van der Waals surface area contributed by atoms with Crippen LogP contribution >= 0.6 is 22.7 Å². The number of unbranched alkanes of at least 4 members (excludes halogenated alkanes) is 12. The van der Waals surface area contributed by atoms with E-state index < -0.39 is 11.2 Å². The van der Waals surface area contributed by atoms with Crippen molar-refractivity contribution in [1.82, 2.24) is 0 Å². The summed E-state index contributed by atoms with van der Waals surface area (Å²) in [4.78, 5) is 13.9. The lowest BCUT2D eigenvalue weighted by Gasteiger charge is -2.37. The first-order valence-corrected chi connectivity index (χ1v) is 18.6. The number of rotatable bonds is 21. The Labute approximate surface area is 271 Å². The molecule has 2 heterocycles. The normalized spacial score (nSPS) is 12.4. The zero-order chi connectivity index (χ0) is 31.5. The van der Waals surface area contributed by atoms with Gasteiger partial charge in [0, 0.05) is 10.2 Å². The van der Waals surface area contributed by atoms with Crippen LogP contribution in [0.25, 0.3) is 20.2 Å². The second kappa shape index (κ2) is 17.4. The maximum absolute atomic E-state index is 13.9. The lowest BCUT2D eigenvalue weighted by atomic mass is 9.85. The summed E-state index contributed by atoms with van der Waals surface area (Å²) in [6, 6.07) is 4.41. The Bertz CT molecular complexity index is 1290. The van der Waals surface area contributed by atoms with Crippen LogP contribution in [0.4, 0.5) is 0 Å². The van der Waals surface area contributed by atoms with Gasteiger partial charge >= 0.3 is 13.5 Å². The van der Waals surface area contributed by atoms with Gasteiger partial charge in [0.2, 0.25) is 0 Å². The Morgan fingerprint density at radius 1 is 0.814 bits per heavy atom. The molecule has 1 aromatic carbocycles. The second-order valence-electron chi connectivity index (χ2n) is 13.4. The minimum absolute atomic E-state index is 0.181. The van der Waals surface area contributed by atoms with Crippen molar-refractivity contribution in [2.45, 2.75) is 149 Å². The van der Waals surface area contributed by atoms with Gasteiger partial charge in [-0.1, -0.05) is 90.9 Å². The molecule has 0 bridgehead atoms. The van der Waals surface area contributed by atoms with Gasteiger partial charge in [-0.25, -0.2) is 4.79 Å². The molecular weight excluding hydrogens is 570 g/mol. The van der Waals surface area contributed by atoms with Crippen LogP contribution in [-0.2, 0) is 15.8 Å². The largest absolute Gasteiger partial charge is 0.462 e. The fraction of sp³-hybridized carbons (Fsp3) is 0.686. The quantitative estimate of drug-likeness (QED) is 0.0738. The molecule has 0 fully saturated rings.